The Morgan fingerprint density at radius 1 is 1.00 bits per heavy atom. The van der Waals surface area contributed by atoms with Gasteiger partial charge in [-0.15, -0.1) is 0 Å². The largest absolute Gasteiger partial charge is 0.497 e. The van der Waals surface area contributed by atoms with Gasteiger partial charge in [-0.1, -0.05) is 56.1 Å². The maximum absolute atomic E-state index is 5.97. The second kappa shape index (κ2) is 7.81. The molecule has 4 heteroatoms. The van der Waals surface area contributed by atoms with E-state index in [9.17, 15) is 0 Å². The molecule has 0 N–H and O–H groups in total. The van der Waals surface area contributed by atoms with E-state index in [2.05, 4.69) is 44.0 Å². The van der Waals surface area contributed by atoms with Crippen LogP contribution < -0.4 is 4.74 Å². The third-order valence-corrected chi connectivity index (χ3v) is 4.11. The predicted octanol–water partition coefficient (Wildman–Crippen LogP) is 5.11. The standard InChI is InChI=1S/C16H16Br2O2/c1-19-15-8-4-13(5-9-15)16(10-17)20-11-12-2-6-14(18)7-3-12/h2-9,16H,10-11H2,1H3. The summed E-state index contributed by atoms with van der Waals surface area (Å²) in [6, 6.07) is 16.1. The molecule has 0 radical (unpaired) electrons. The van der Waals surface area contributed by atoms with Crippen molar-refractivity contribution in [3.63, 3.8) is 0 Å². The van der Waals surface area contributed by atoms with Crippen molar-refractivity contribution in [3.05, 3.63) is 64.1 Å². The molecule has 0 saturated heterocycles. The normalized spacial score (nSPS) is 12.2. The molecule has 106 valence electrons. The fourth-order valence-corrected chi connectivity index (χ4v) is 2.65. The van der Waals surface area contributed by atoms with Crippen molar-refractivity contribution in [1.82, 2.24) is 0 Å². The van der Waals surface area contributed by atoms with Gasteiger partial charge in [0.05, 0.1) is 19.8 Å². The number of rotatable bonds is 6. The third-order valence-electron chi connectivity index (χ3n) is 2.99. The Labute approximate surface area is 136 Å². The van der Waals surface area contributed by atoms with Crippen molar-refractivity contribution >= 4 is 31.9 Å². The molecular weight excluding hydrogens is 384 g/mol. The van der Waals surface area contributed by atoms with Gasteiger partial charge in [-0.05, 0) is 35.4 Å². The molecular formula is C16H16Br2O2. The van der Waals surface area contributed by atoms with Crippen molar-refractivity contribution in [1.29, 1.82) is 0 Å². The summed E-state index contributed by atoms with van der Waals surface area (Å²) in [4.78, 5) is 0. The fourth-order valence-electron chi connectivity index (χ4n) is 1.83. The summed E-state index contributed by atoms with van der Waals surface area (Å²) in [5, 5.41) is 0.760. The van der Waals surface area contributed by atoms with E-state index in [1.54, 1.807) is 7.11 Å². The zero-order valence-corrected chi connectivity index (χ0v) is 14.4. The quantitative estimate of drug-likeness (QED) is 0.628. The number of methoxy groups -OCH3 is 1. The zero-order chi connectivity index (χ0) is 14.4. The first kappa shape index (κ1) is 15.5. The van der Waals surface area contributed by atoms with Crippen LogP contribution in [-0.4, -0.2) is 12.4 Å². The SMILES string of the molecule is COc1ccc(C(CBr)OCc2ccc(Br)cc2)cc1. The highest BCUT2D eigenvalue weighted by Gasteiger charge is 2.11. The van der Waals surface area contributed by atoms with Gasteiger partial charge in [-0.2, -0.15) is 0 Å². The number of hydrogen-bond donors (Lipinski definition) is 0. The van der Waals surface area contributed by atoms with E-state index >= 15 is 0 Å². The maximum Gasteiger partial charge on any atom is 0.118 e. The molecule has 2 nitrogen and oxygen atoms in total. The maximum atomic E-state index is 5.97. The monoisotopic (exact) mass is 398 g/mol. The molecule has 0 aliphatic rings. The highest BCUT2D eigenvalue weighted by atomic mass is 79.9. The van der Waals surface area contributed by atoms with E-state index in [1.165, 1.54) is 0 Å². The highest BCUT2D eigenvalue weighted by molar-refractivity contribution is 9.10. The number of benzene rings is 2. The summed E-state index contributed by atoms with van der Waals surface area (Å²) in [6.45, 7) is 0.593. The van der Waals surface area contributed by atoms with Gasteiger partial charge in [0.1, 0.15) is 5.75 Å². The summed E-state index contributed by atoms with van der Waals surface area (Å²) in [6.07, 6.45) is 0.0320. The Hall–Kier alpha value is -0.840. The van der Waals surface area contributed by atoms with Crippen LogP contribution >= 0.6 is 31.9 Å². The fraction of sp³-hybridized carbons (Fsp3) is 0.250. The molecule has 20 heavy (non-hydrogen) atoms. The summed E-state index contributed by atoms with van der Waals surface area (Å²) >= 11 is 6.94. The van der Waals surface area contributed by atoms with Gasteiger partial charge in [0.15, 0.2) is 0 Å². The molecule has 1 unspecified atom stereocenters. The van der Waals surface area contributed by atoms with E-state index in [4.69, 9.17) is 9.47 Å². The van der Waals surface area contributed by atoms with E-state index < -0.39 is 0 Å². The molecule has 0 aliphatic heterocycles. The van der Waals surface area contributed by atoms with Gasteiger partial charge >= 0.3 is 0 Å². The van der Waals surface area contributed by atoms with Crippen LogP contribution in [0.2, 0.25) is 0 Å². The lowest BCUT2D eigenvalue weighted by atomic mass is 10.1. The summed E-state index contributed by atoms with van der Waals surface area (Å²) in [5.41, 5.74) is 2.30. The van der Waals surface area contributed by atoms with Crippen LogP contribution in [0, 0.1) is 0 Å². The summed E-state index contributed by atoms with van der Waals surface area (Å²) < 4.78 is 12.2. The lowest BCUT2D eigenvalue weighted by molar-refractivity contribution is 0.0565. The molecule has 0 saturated carbocycles. The average Bonchev–Trinajstić information content (AvgIpc) is 2.50. The summed E-state index contributed by atoms with van der Waals surface area (Å²) in [7, 11) is 1.67. The molecule has 0 spiro atoms. The van der Waals surface area contributed by atoms with E-state index in [0.717, 1.165) is 26.7 Å². The van der Waals surface area contributed by atoms with Crippen molar-refractivity contribution in [2.45, 2.75) is 12.7 Å². The Balaban J connectivity index is 1.99. The van der Waals surface area contributed by atoms with Gasteiger partial charge in [0, 0.05) is 9.80 Å². The lowest BCUT2D eigenvalue weighted by Gasteiger charge is -2.16. The second-order valence-corrected chi connectivity index (χ2v) is 5.92. The molecule has 2 rings (SSSR count). The number of alkyl halides is 1. The van der Waals surface area contributed by atoms with E-state index in [-0.39, 0.29) is 6.10 Å². The van der Waals surface area contributed by atoms with Crippen molar-refractivity contribution in [3.8, 4) is 5.75 Å². The molecule has 2 aromatic carbocycles. The van der Waals surface area contributed by atoms with Crippen LogP contribution in [0.3, 0.4) is 0 Å². The van der Waals surface area contributed by atoms with E-state index in [1.807, 2.05) is 36.4 Å². The second-order valence-electron chi connectivity index (χ2n) is 4.35. The first-order valence-electron chi connectivity index (χ1n) is 6.29. The third kappa shape index (κ3) is 4.33. The van der Waals surface area contributed by atoms with Crippen molar-refractivity contribution in [2.24, 2.45) is 0 Å². The molecule has 2 aromatic rings. The van der Waals surface area contributed by atoms with Crippen LogP contribution in [0.15, 0.2) is 53.0 Å². The smallest absolute Gasteiger partial charge is 0.118 e. The van der Waals surface area contributed by atoms with Crippen LogP contribution in [0.25, 0.3) is 0 Å². The molecule has 0 amide bonds. The zero-order valence-electron chi connectivity index (χ0n) is 11.2. The van der Waals surface area contributed by atoms with Gasteiger partial charge in [0.2, 0.25) is 0 Å². The molecule has 0 aliphatic carbocycles. The Morgan fingerprint density at radius 3 is 2.20 bits per heavy atom. The van der Waals surface area contributed by atoms with Crippen LogP contribution in [0.5, 0.6) is 5.75 Å². The lowest BCUT2D eigenvalue weighted by Crippen LogP contribution is -2.06. The van der Waals surface area contributed by atoms with Crippen LogP contribution in [0.1, 0.15) is 17.2 Å². The number of halogens is 2. The van der Waals surface area contributed by atoms with Crippen molar-refractivity contribution < 1.29 is 9.47 Å². The Bertz CT molecular complexity index is 523. The first-order valence-corrected chi connectivity index (χ1v) is 8.20. The first-order chi connectivity index (χ1) is 9.72. The van der Waals surface area contributed by atoms with Gasteiger partial charge in [0.25, 0.3) is 0 Å². The van der Waals surface area contributed by atoms with E-state index in [0.29, 0.717) is 6.61 Å². The predicted molar refractivity (Wildman–Crippen MR) is 88.5 cm³/mol. The molecule has 0 heterocycles. The van der Waals surface area contributed by atoms with Crippen LogP contribution in [0.4, 0.5) is 0 Å². The highest BCUT2D eigenvalue weighted by Crippen LogP contribution is 2.24. The minimum atomic E-state index is 0.0320. The molecule has 0 aromatic heterocycles. The topological polar surface area (TPSA) is 18.5 Å². The van der Waals surface area contributed by atoms with Crippen LogP contribution in [-0.2, 0) is 11.3 Å². The molecule has 0 fully saturated rings. The van der Waals surface area contributed by atoms with Crippen molar-refractivity contribution in [2.75, 3.05) is 12.4 Å². The molecule has 1 atom stereocenters. The Morgan fingerprint density at radius 2 is 1.65 bits per heavy atom. The average molecular weight is 400 g/mol. The van der Waals surface area contributed by atoms with Gasteiger partial charge < -0.3 is 9.47 Å². The molecule has 0 bridgehead atoms. The number of hydrogen-bond acceptors (Lipinski definition) is 2. The number of ether oxygens (including phenoxy) is 2. The van der Waals surface area contributed by atoms with Gasteiger partial charge in [-0.3, -0.25) is 0 Å². The van der Waals surface area contributed by atoms with Gasteiger partial charge in [-0.25, -0.2) is 0 Å². The Kier molecular flexibility index (Phi) is 6.07. The minimum Gasteiger partial charge on any atom is -0.497 e. The summed E-state index contributed by atoms with van der Waals surface area (Å²) in [5.74, 6) is 0.856. The minimum absolute atomic E-state index is 0.0320.